The maximum absolute atomic E-state index is 12.5. The van der Waals surface area contributed by atoms with E-state index in [1.54, 1.807) is 18.2 Å². The number of nitriles is 1. The first-order chi connectivity index (χ1) is 15.6. The van der Waals surface area contributed by atoms with Gasteiger partial charge in [-0.1, -0.05) is 29.1 Å². The topological polar surface area (TPSA) is 106 Å². The fourth-order valence-corrected chi connectivity index (χ4v) is 3.99. The van der Waals surface area contributed by atoms with E-state index in [-0.39, 0.29) is 11.7 Å². The molecule has 0 aliphatic carbocycles. The van der Waals surface area contributed by atoms with Crippen molar-refractivity contribution in [3.63, 3.8) is 0 Å². The van der Waals surface area contributed by atoms with E-state index in [0.717, 1.165) is 10.9 Å². The molecule has 0 atom stereocenters. The molecule has 4 rings (SSSR count). The number of pyridine rings is 1. The molecule has 0 bridgehead atoms. The maximum atomic E-state index is 12.5. The number of amides is 1. The van der Waals surface area contributed by atoms with Crippen molar-refractivity contribution in [3.05, 3.63) is 53.6 Å². The number of ether oxygens (including phenoxy) is 2. The van der Waals surface area contributed by atoms with E-state index < -0.39 is 0 Å². The molecular formula is C23H20N4O4S. The smallest absolute Gasteiger partial charge is 0.234 e. The largest absolute Gasteiger partial charge is 0.486 e. The number of oxime groups is 1. The summed E-state index contributed by atoms with van der Waals surface area (Å²) in [6.45, 7) is 2.79. The second kappa shape index (κ2) is 9.58. The molecule has 8 nitrogen and oxygen atoms in total. The molecule has 0 radical (unpaired) electrons. The lowest BCUT2D eigenvalue weighted by Gasteiger charge is -2.18. The lowest BCUT2D eigenvalue weighted by atomic mass is 10.1. The summed E-state index contributed by atoms with van der Waals surface area (Å²) in [7, 11) is 1.48. The Balaban J connectivity index is 1.49. The molecule has 0 fully saturated rings. The second-order valence-corrected chi connectivity index (χ2v) is 7.88. The van der Waals surface area contributed by atoms with Gasteiger partial charge in [-0.3, -0.25) is 4.79 Å². The normalized spacial score (nSPS) is 12.8. The molecule has 1 amide bonds. The lowest BCUT2D eigenvalue weighted by molar-refractivity contribution is -0.113. The Kier molecular flexibility index (Phi) is 6.42. The van der Waals surface area contributed by atoms with E-state index in [2.05, 4.69) is 21.5 Å². The van der Waals surface area contributed by atoms with Crippen molar-refractivity contribution >= 4 is 40.0 Å². The van der Waals surface area contributed by atoms with E-state index >= 15 is 0 Å². The Hall–Kier alpha value is -3.77. The highest BCUT2D eigenvalue weighted by molar-refractivity contribution is 8.00. The van der Waals surface area contributed by atoms with Gasteiger partial charge in [-0.05, 0) is 31.2 Å². The van der Waals surface area contributed by atoms with Crippen molar-refractivity contribution < 1.29 is 19.1 Å². The Labute approximate surface area is 189 Å². The van der Waals surface area contributed by atoms with Crippen LogP contribution in [0.1, 0.15) is 18.1 Å². The van der Waals surface area contributed by atoms with Crippen LogP contribution in [0.5, 0.6) is 11.5 Å². The number of hydrogen-bond donors (Lipinski definition) is 1. The Morgan fingerprint density at radius 2 is 2.03 bits per heavy atom. The van der Waals surface area contributed by atoms with Crippen molar-refractivity contribution in [1.82, 2.24) is 4.98 Å². The monoisotopic (exact) mass is 448 g/mol. The molecule has 1 aliphatic rings. The molecule has 3 aromatic rings. The van der Waals surface area contributed by atoms with Gasteiger partial charge in [0.15, 0.2) is 11.5 Å². The zero-order chi connectivity index (χ0) is 22.5. The molecule has 1 aromatic heterocycles. The molecule has 1 aliphatic heterocycles. The van der Waals surface area contributed by atoms with Gasteiger partial charge in [0.05, 0.1) is 22.5 Å². The average molecular weight is 449 g/mol. The predicted molar refractivity (Wildman–Crippen MR) is 122 cm³/mol. The number of nitrogens with one attached hydrogen (secondary N) is 1. The molecule has 162 valence electrons. The third-order valence-electron chi connectivity index (χ3n) is 4.70. The Morgan fingerprint density at radius 1 is 1.25 bits per heavy atom. The number of anilines is 1. The lowest BCUT2D eigenvalue weighted by Crippen LogP contribution is -2.15. The number of fused-ring (bicyclic) bond motifs is 2. The number of thioether (sulfide) groups is 1. The summed E-state index contributed by atoms with van der Waals surface area (Å²) in [5.74, 6) is 1.16. The predicted octanol–water partition coefficient (Wildman–Crippen LogP) is 3.98. The van der Waals surface area contributed by atoms with Crippen LogP contribution >= 0.6 is 11.8 Å². The molecule has 1 N–H and O–H groups in total. The highest BCUT2D eigenvalue weighted by atomic mass is 32.2. The molecule has 2 aromatic carbocycles. The summed E-state index contributed by atoms with van der Waals surface area (Å²) >= 11 is 1.21. The molecule has 0 saturated carbocycles. The van der Waals surface area contributed by atoms with Crippen LogP contribution in [0.15, 0.2) is 52.6 Å². The standard InChI is InChI=1S/C23H20N4O4S/c1-14(27-29-2)15-4-3-5-18(9-15)25-22(28)13-32-23-17(12-24)8-16-10-20-21(11-19(16)26-23)31-7-6-30-20/h3-5,8-11H,6-7,13H2,1-2H3,(H,25,28)/b27-14-. The quantitative estimate of drug-likeness (QED) is 0.345. The highest BCUT2D eigenvalue weighted by Crippen LogP contribution is 2.35. The number of rotatable bonds is 6. The number of benzene rings is 2. The van der Waals surface area contributed by atoms with Crippen LogP contribution in [0.25, 0.3) is 10.9 Å². The van der Waals surface area contributed by atoms with Gasteiger partial charge in [0, 0.05) is 22.7 Å². The minimum Gasteiger partial charge on any atom is -0.486 e. The van der Waals surface area contributed by atoms with E-state index in [1.165, 1.54) is 18.9 Å². The van der Waals surface area contributed by atoms with Crippen LogP contribution in [-0.2, 0) is 9.63 Å². The number of carbonyl (C=O) groups is 1. The van der Waals surface area contributed by atoms with E-state index in [4.69, 9.17) is 14.3 Å². The molecule has 0 spiro atoms. The summed E-state index contributed by atoms with van der Waals surface area (Å²) in [5, 5.41) is 17.6. The first-order valence-corrected chi connectivity index (χ1v) is 10.8. The van der Waals surface area contributed by atoms with Crippen molar-refractivity contribution in [1.29, 1.82) is 5.26 Å². The van der Waals surface area contributed by atoms with Crippen molar-refractivity contribution in [2.24, 2.45) is 5.16 Å². The maximum Gasteiger partial charge on any atom is 0.234 e. The van der Waals surface area contributed by atoms with Crippen LogP contribution in [0.2, 0.25) is 0 Å². The minimum absolute atomic E-state index is 0.104. The van der Waals surface area contributed by atoms with Crippen LogP contribution in [0, 0.1) is 11.3 Å². The summed E-state index contributed by atoms with van der Waals surface area (Å²) in [6, 6.07) is 14.9. The van der Waals surface area contributed by atoms with Crippen molar-refractivity contribution in [2.45, 2.75) is 11.9 Å². The molecule has 32 heavy (non-hydrogen) atoms. The summed E-state index contributed by atoms with van der Waals surface area (Å²) < 4.78 is 11.2. The van der Waals surface area contributed by atoms with Crippen molar-refractivity contribution in [2.75, 3.05) is 31.4 Å². The molecule has 2 heterocycles. The van der Waals surface area contributed by atoms with Crippen LogP contribution < -0.4 is 14.8 Å². The number of nitrogens with zero attached hydrogens (tertiary/aromatic N) is 3. The first-order valence-electron chi connectivity index (χ1n) is 9.82. The van der Waals surface area contributed by atoms with Gasteiger partial charge in [-0.2, -0.15) is 5.26 Å². The fraction of sp³-hybridized carbons (Fsp3) is 0.217. The second-order valence-electron chi connectivity index (χ2n) is 6.92. The van der Waals surface area contributed by atoms with Gasteiger partial charge in [0.1, 0.15) is 31.4 Å². The van der Waals surface area contributed by atoms with Crippen LogP contribution in [0.3, 0.4) is 0 Å². The number of hydrogen-bond acceptors (Lipinski definition) is 8. The SMILES string of the molecule is CO/N=C(/C)c1cccc(NC(=O)CSc2nc3cc4c(cc3cc2C#N)OCCO4)c1. The number of aromatic nitrogens is 1. The van der Waals surface area contributed by atoms with Crippen LogP contribution in [-0.4, -0.2) is 42.7 Å². The van der Waals surface area contributed by atoms with E-state index in [9.17, 15) is 10.1 Å². The third-order valence-corrected chi connectivity index (χ3v) is 5.69. The van der Waals surface area contributed by atoms with Gasteiger partial charge in [0.25, 0.3) is 0 Å². The average Bonchev–Trinajstić information content (AvgIpc) is 2.81. The van der Waals surface area contributed by atoms with Gasteiger partial charge < -0.3 is 19.6 Å². The van der Waals surface area contributed by atoms with Gasteiger partial charge in [-0.25, -0.2) is 4.98 Å². The first kappa shape index (κ1) is 21.5. The minimum atomic E-state index is -0.207. The number of carbonyl (C=O) groups excluding carboxylic acids is 1. The fourth-order valence-electron chi connectivity index (χ4n) is 3.23. The zero-order valence-electron chi connectivity index (χ0n) is 17.5. The van der Waals surface area contributed by atoms with E-state index in [1.807, 2.05) is 31.2 Å². The Bertz CT molecular complexity index is 1250. The summed E-state index contributed by atoms with van der Waals surface area (Å²) in [5.41, 5.74) is 3.27. The molecule has 0 saturated heterocycles. The molecular weight excluding hydrogens is 428 g/mol. The zero-order valence-corrected chi connectivity index (χ0v) is 18.4. The highest BCUT2D eigenvalue weighted by Gasteiger charge is 2.16. The molecule has 9 heteroatoms. The summed E-state index contributed by atoms with van der Waals surface area (Å²) in [6.07, 6.45) is 0. The summed E-state index contributed by atoms with van der Waals surface area (Å²) in [4.78, 5) is 21.9. The molecule has 0 unspecified atom stereocenters. The van der Waals surface area contributed by atoms with Gasteiger partial charge >= 0.3 is 0 Å². The Morgan fingerprint density at radius 3 is 2.78 bits per heavy atom. The van der Waals surface area contributed by atoms with Gasteiger partial charge in [-0.15, -0.1) is 0 Å². The van der Waals surface area contributed by atoms with Crippen molar-refractivity contribution in [3.8, 4) is 17.6 Å². The van der Waals surface area contributed by atoms with Crippen LogP contribution in [0.4, 0.5) is 5.69 Å². The van der Waals surface area contributed by atoms with Gasteiger partial charge in [0.2, 0.25) is 5.91 Å². The van der Waals surface area contributed by atoms with E-state index in [0.29, 0.717) is 52.2 Å². The third kappa shape index (κ3) is 4.76.